The summed E-state index contributed by atoms with van der Waals surface area (Å²) in [7, 11) is 4.91. The van der Waals surface area contributed by atoms with E-state index in [-0.39, 0.29) is 41.3 Å². The van der Waals surface area contributed by atoms with Gasteiger partial charge in [0.05, 0.1) is 61.9 Å². The van der Waals surface area contributed by atoms with Gasteiger partial charge in [0, 0.05) is 38.6 Å². The summed E-state index contributed by atoms with van der Waals surface area (Å²) in [4.78, 5) is 49.6. The molecule has 0 fully saturated rings. The second-order valence-corrected chi connectivity index (χ2v) is 10.3. The number of imidazole rings is 1. The molecule has 4 heterocycles. The molecule has 0 aromatic carbocycles. The van der Waals surface area contributed by atoms with Gasteiger partial charge in [-0.25, -0.2) is 9.97 Å². The minimum Gasteiger partial charge on any atom is -0.480 e. The third-order valence-electron chi connectivity index (χ3n) is 6.65. The molecule has 1 aliphatic rings. The van der Waals surface area contributed by atoms with E-state index in [1.807, 2.05) is 25.5 Å². The van der Waals surface area contributed by atoms with E-state index in [0.29, 0.717) is 60.6 Å². The normalized spacial score (nSPS) is 12.7. The van der Waals surface area contributed by atoms with Crippen LogP contribution in [0.2, 0.25) is 5.02 Å². The van der Waals surface area contributed by atoms with Gasteiger partial charge >= 0.3 is 0 Å². The fourth-order valence-corrected chi connectivity index (χ4v) is 4.91. The summed E-state index contributed by atoms with van der Waals surface area (Å²) < 4.78 is 19.6. The number of pyridine rings is 2. The maximum absolute atomic E-state index is 13.5. The lowest BCUT2D eigenvalue weighted by Gasteiger charge is -2.20. The molecule has 4 rings (SSSR count). The zero-order chi connectivity index (χ0) is 30.4. The van der Waals surface area contributed by atoms with Crippen molar-refractivity contribution >= 4 is 29.1 Å². The van der Waals surface area contributed by atoms with Crippen molar-refractivity contribution in [2.24, 2.45) is 7.05 Å². The number of amides is 2. The number of nitrogens with zero attached hydrogens (tertiary/aromatic N) is 5. The lowest BCUT2D eigenvalue weighted by atomic mass is 10.1. The summed E-state index contributed by atoms with van der Waals surface area (Å²) in [5.41, 5.74) is 1.44. The molecule has 0 radical (unpaired) electrons. The van der Waals surface area contributed by atoms with Crippen molar-refractivity contribution in [2.75, 3.05) is 58.6 Å². The number of methoxy groups -OCH3 is 1. The zero-order valence-electron chi connectivity index (χ0n) is 24.4. The Morgan fingerprint density at radius 2 is 1.83 bits per heavy atom. The number of fused-ring (bicyclic) bond motifs is 1. The van der Waals surface area contributed by atoms with Crippen LogP contribution >= 0.6 is 11.6 Å². The van der Waals surface area contributed by atoms with Crippen LogP contribution in [-0.4, -0.2) is 84.6 Å². The largest absolute Gasteiger partial charge is 0.480 e. The number of aryl methyl sites for hydroxylation is 1. The number of hydrogen-bond donors (Lipinski definition) is 2. The molecule has 0 bridgehead atoms. The van der Waals surface area contributed by atoms with Crippen LogP contribution in [0.5, 0.6) is 5.88 Å². The summed E-state index contributed by atoms with van der Waals surface area (Å²) in [6.07, 6.45) is 2.91. The Balaban J connectivity index is 1.54. The minimum atomic E-state index is -0.418. The molecule has 0 atom stereocenters. The summed E-state index contributed by atoms with van der Waals surface area (Å²) in [5.74, 6) is -0.0675. The van der Waals surface area contributed by atoms with E-state index >= 15 is 0 Å². The van der Waals surface area contributed by atoms with Crippen LogP contribution in [-0.2, 0) is 23.1 Å². The molecular formula is C28H36ClN7O6. The number of aromatic nitrogens is 4. The topological polar surface area (TPSA) is 142 Å². The Labute approximate surface area is 248 Å². The smallest absolute Gasteiger partial charge is 0.279 e. The van der Waals surface area contributed by atoms with Crippen LogP contribution in [0.4, 0.5) is 5.69 Å². The standard InChI is InChI=1S/C28H36ClN7O6/c1-17(2)36-22-16-35(21-13-19(29)15-34(4)27(21)38)28(39)23(22)33-24(36)20-12-18(14-32-26(20)40-5)25(37)31-7-9-42-11-10-41-8-6-30-3/h12-15,17,30H,6-11,16H2,1-5H3,(H,31,37). The molecule has 2 N–H and O–H groups in total. The second kappa shape index (κ2) is 13.9. The van der Waals surface area contributed by atoms with Crippen molar-refractivity contribution in [3.8, 4) is 17.3 Å². The molecule has 2 amide bonds. The first-order chi connectivity index (χ1) is 20.2. The predicted octanol–water partition coefficient (Wildman–Crippen LogP) is 2.03. The van der Waals surface area contributed by atoms with Crippen molar-refractivity contribution in [3.63, 3.8) is 0 Å². The van der Waals surface area contributed by atoms with Gasteiger partial charge in [0.2, 0.25) is 5.88 Å². The van der Waals surface area contributed by atoms with Gasteiger partial charge in [0.25, 0.3) is 17.4 Å². The van der Waals surface area contributed by atoms with Crippen LogP contribution in [0, 0.1) is 0 Å². The lowest BCUT2D eigenvalue weighted by Crippen LogP contribution is -2.32. The number of hydrogen-bond acceptors (Lipinski definition) is 9. The Kier molecular flexibility index (Phi) is 10.3. The van der Waals surface area contributed by atoms with Gasteiger partial charge in [-0.1, -0.05) is 11.6 Å². The van der Waals surface area contributed by atoms with Gasteiger partial charge in [-0.3, -0.25) is 19.3 Å². The van der Waals surface area contributed by atoms with Crippen LogP contribution in [0.25, 0.3) is 11.4 Å². The van der Waals surface area contributed by atoms with Crippen molar-refractivity contribution < 1.29 is 23.8 Å². The first kappa shape index (κ1) is 31.2. The molecule has 1 aliphatic heterocycles. The van der Waals surface area contributed by atoms with Gasteiger partial charge in [0.1, 0.15) is 11.5 Å². The number of anilines is 1. The Hall–Kier alpha value is -3.78. The molecule has 0 aliphatic carbocycles. The van der Waals surface area contributed by atoms with E-state index in [2.05, 4.69) is 20.6 Å². The van der Waals surface area contributed by atoms with Crippen molar-refractivity contribution in [2.45, 2.75) is 26.4 Å². The molecule has 3 aromatic rings. The van der Waals surface area contributed by atoms with E-state index in [9.17, 15) is 14.4 Å². The van der Waals surface area contributed by atoms with E-state index in [4.69, 9.17) is 25.8 Å². The second-order valence-electron chi connectivity index (χ2n) is 9.91. The van der Waals surface area contributed by atoms with Crippen LogP contribution in [0.3, 0.4) is 0 Å². The van der Waals surface area contributed by atoms with Gasteiger partial charge in [0.15, 0.2) is 5.69 Å². The highest BCUT2D eigenvalue weighted by Gasteiger charge is 2.38. The lowest BCUT2D eigenvalue weighted by molar-refractivity contribution is 0.0497. The number of carbonyl (C=O) groups excluding carboxylic acids is 2. The van der Waals surface area contributed by atoms with Crippen LogP contribution < -0.4 is 25.8 Å². The molecule has 14 heteroatoms. The average Bonchev–Trinajstić information content (AvgIpc) is 3.49. The summed E-state index contributed by atoms with van der Waals surface area (Å²) in [5, 5.41) is 6.16. The molecule has 13 nitrogen and oxygen atoms in total. The number of nitrogens with one attached hydrogen (secondary N) is 2. The van der Waals surface area contributed by atoms with E-state index in [1.165, 1.54) is 35.0 Å². The van der Waals surface area contributed by atoms with Gasteiger partial charge in [-0.05, 0) is 33.0 Å². The highest BCUT2D eigenvalue weighted by atomic mass is 35.5. The molecule has 3 aromatic heterocycles. The van der Waals surface area contributed by atoms with Crippen LogP contribution in [0.1, 0.15) is 46.4 Å². The predicted molar refractivity (Wildman–Crippen MR) is 157 cm³/mol. The Bertz CT molecular complexity index is 1500. The molecule has 0 saturated carbocycles. The average molecular weight is 602 g/mol. The fourth-order valence-electron chi connectivity index (χ4n) is 4.66. The van der Waals surface area contributed by atoms with E-state index < -0.39 is 5.91 Å². The zero-order valence-corrected chi connectivity index (χ0v) is 25.2. The fraction of sp³-hybridized carbons (Fsp3) is 0.464. The highest BCUT2D eigenvalue weighted by Crippen LogP contribution is 2.36. The van der Waals surface area contributed by atoms with Crippen molar-refractivity contribution in [3.05, 3.63) is 56.9 Å². The Morgan fingerprint density at radius 1 is 1.12 bits per heavy atom. The summed E-state index contributed by atoms with van der Waals surface area (Å²) >= 11 is 6.18. The number of halogens is 1. The molecule has 0 spiro atoms. The monoisotopic (exact) mass is 601 g/mol. The first-order valence-corrected chi connectivity index (χ1v) is 14.0. The van der Waals surface area contributed by atoms with Gasteiger partial charge in [-0.2, -0.15) is 0 Å². The highest BCUT2D eigenvalue weighted by molar-refractivity contribution is 6.30. The van der Waals surface area contributed by atoms with Crippen molar-refractivity contribution in [1.29, 1.82) is 0 Å². The molecular weight excluding hydrogens is 566 g/mol. The van der Waals surface area contributed by atoms with Gasteiger partial charge < -0.3 is 34.0 Å². The number of ether oxygens (including phenoxy) is 3. The van der Waals surface area contributed by atoms with Crippen LogP contribution in [0.15, 0.2) is 29.3 Å². The molecule has 226 valence electrons. The summed E-state index contributed by atoms with van der Waals surface area (Å²) in [6.45, 7) is 6.96. The summed E-state index contributed by atoms with van der Waals surface area (Å²) in [6, 6.07) is 3.00. The Morgan fingerprint density at radius 3 is 2.50 bits per heavy atom. The number of rotatable bonds is 14. The maximum atomic E-state index is 13.5. The maximum Gasteiger partial charge on any atom is 0.279 e. The van der Waals surface area contributed by atoms with Crippen molar-refractivity contribution in [1.82, 2.24) is 29.7 Å². The SMILES string of the molecule is CNCCOCCOCCNC(=O)c1cnc(OC)c(-c2nc3c(n2C(C)C)CN(c2cc(Cl)cn(C)c2=O)C3=O)c1. The third kappa shape index (κ3) is 6.65. The van der Waals surface area contributed by atoms with Gasteiger partial charge in [-0.15, -0.1) is 0 Å². The number of carbonyl (C=O) groups is 2. The third-order valence-corrected chi connectivity index (χ3v) is 6.86. The molecule has 0 saturated heterocycles. The quantitative estimate of drug-likeness (QED) is 0.265. The van der Waals surface area contributed by atoms with E-state index in [1.54, 1.807) is 13.1 Å². The molecule has 42 heavy (non-hydrogen) atoms. The molecule has 0 unspecified atom stereocenters. The minimum absolute atomic E-state index is 0.118. The number of likely N-dealkylation sites (N-methyl/N-ethyl adjacent to an activating group) is 1. The van der Waals surface area contributed by atoms with E-state index in [0.717, 1.165) is 6.54 Å². The first-order valence-electron chi connectivity index (χ1n) is 13.6.